The molecule has 0 saturated carbocycles. The summed E-state index contributed by atoms with van der Waals surface area (Å²) >= 11 is 0. The number of anilines is 1. The average molecular weight is 145 g/mol. The Kier molecular flexibility index (Phi) is 2.24. The van der Waals surface area contributed by atoms with Crippen LogP contribution in [-0.4, -0.2) is 4.98 Å². The first kappa shape index (κ1) is 7.29. The number of nitrogens with two attached hydrogens (primary N) is 1. The van der Waals surface area contributed by atoms with Gasteiger partial charge < -0.3 is 5.73 Å². The number of hydrogen-bond acceptors (Lipinski definition) is 3. The van der Waals surface area contributed by atoms with Crippen molar-refractivity contribution in [1.29, 1.82) is 5.26 Å². The predicted octanol–water partition coefficient (Wildman–Crippen LogP) is 1.20. The fourth-order valence-corrected chi connectivity index (χ4v) is 0.684. The fraction of sp³-hybridized carbons (Fsp3) is 0. The molecule has 3 nitrogen and oxygen atoms in total. The van der Waals surface area contributed by atoms with Crippen molar-refractivity contribution in [3.63, 3.8) is 0 Å². The van der Waals surface area contributed by atoms with E-state index in [1.807, 2.05) is 6.07 Å². The van der Waals surface area contributed by atoms with E-state index < -0.39 is 0 Å². The van der Waals surface area contributed by atoms with Crippen LogP contribution in [0.3, 0.4) is 0 Å². The minimum absolute atomic E-state index is 0.631. The maximum absolute atomic E-state index is 8.22. The maximum Gasteiger partial charge on any atom is 0.0912 e. The van der Waals surface area contributed by atoms with Crippen LogP contribution in [0.25, 0.3) is 6.08 Å². The van der Waals surface area contributed by atoms with Gasteiger partial charge in [0.1, 0.15) is 0 Å². The molecule has 1 rings (SSSR count). The summed E-state index contributed by atoms with van der Waals surface area (Å²) in [7, 11) is 0. The minimum Gasteiger partial charge on any atom is -0.398 e. The predicted molar refractivity (Wildman–Crippen MR) is 43.3 cm³/mol. The highest BCUT2D eigenvalue weighted by atomic mass is 14.7. The van der Waals surface area contributed by atoms with Gasteiger partial charge in [0.25, 0.3) is 0 Å². The van der Waals surface area contributed by atoms with Gasteiger partial charge in [0, 0.05) is 29.7 Å². The van der Waals surface area contributed by atoms with Crippen LogP contribution in [0, 0.1) is 11.3 Å². The molecule has 0 unspecified atom stereocenters. The van der Waals surface area contributed by atoms with Gasteiger partial charge >= 0.3 is 0 Å². The first-order valence-electron chi connectivity index (χ1n) is 3.10. The standard InChI is InChI=1S/C8H7N3/c9-4-1-2-7-6-11-5-3-8(7)10/h1-3,5-6H,(H2,10,11). The molecule has 1 heterocycles. The number of allylic oxidation sites excluding steroid dienone is 1. The first-order chi connectivity index (χ1) is 5.34. The number of pyridine rings is 1. The summed E-state index contributed by atoms with van der Waals surface area (Å²) in [5.41, 5.74) is 6.96. The van der Waals surface area contributed by atoms with Crippen molar-refractivity contribution in [2.45, 2.75) is 0 Å². The van der Waals surface area contributed by atoms with Gasteiger partial charge in [-0.25, -0.2) is 0 Å². The summed E-state index contributed by atoms with van der Waals surface area (Å²) in [6, 6.07) is 3.57. The molecule has 0 saturated heterocycles. The van der Waals surface area contributed by atoms with E-state index in [0.29, 0.717) is 5.69 Å². The van der Waals surface area contributed by atoms with E-state index in [1.54, 1.807) is 24.5 Å². The second-order valence-corrected chi connectivity index (χ2v) is 1.97. The molecule has 54 valence electrons. The SMILES string of the molecule is N#CC=Cc1cnccc1N. The molecule has 0 aliphatic carbocycles. The molecule has 0 aliphatic rings. The van der Waals surface area contributed by atoms with E-state index in [-0.39, 0.29) is 0 Å². The molecule has 1 aromatic rings. The highest BCUT2D eigenvalue weighted by Gasteiger charge is 1.90. The van der Waals surface area contributed by atoms with E-state index in [0.717, 1.165) is 5.56 Å². The number of nitrogens with zero attached hydrogens (tertiary/aromatic N) is 2. The lowest BCUT2D eigenvalue weighted by molar-refractivity contribution is 1.32. The Labute approximate surface area is 64.8 Å². The Morgan fingerprint density at radius 2 is 2.45 bits per heavy atom. The van der Waals surface area contributed by atoms with Crippen molar-refractivity contribution in [2.24, 2.45) is 0 Å². The highest BCUT2D eigenvalue weighted by Crippen LogP contribution is 2.09. The summed E-state index contributed by atoms with van der Waals surface area (Å²) in [6.45, 7) is 0. The Morgan fingerprint density at radius 1 is 1.64 bits per heavy atom. The zero-order valence-electron chi connectivity index (χ0n) is 5.86. The van der Waals surface area contributed by atoms with Crippen LogP contribution < -0.4 is 5.73 Å². The largest absolute Gasteiger partial charge is 0.398 e. The van der Waals surface area contributed by atoms with Crippen LogP contribution in [-0.2, 0) is 0 Å². The Bertz CT molecular complexity index is 309. The molecule has 0 spiro atoms. The Balaban J connectivity index is 2.97. The molecule has 0 radical (unpaired) electrons. The topological polar surface area (TPSA) is 62.7 Å². The van der Waals surface area contributed by atoms with E-state index in [4.69, 9.17) is 11.0 Å². The van der Waals surface area contributed by atoms with Gasteiger partial charge in [-0.1, -0.05) is 0 Å². The second kappa shape index (κ2) is 3.37. The van der Waals surface area contributed by atoms with Crippen molar-refractivity contribution in [1.82, 2.24) is 4.98 Å². The van der Waals surface area contributed by atoms with Gasteiger partial charge in [-0.2, -0.15) is 5.26 Å². The van der Waals surface area contributed by atoms with Gasteiger partial charge in [0.2, 0.25) is 0 Å². The highest BCUT2D eigenvalue weighted by molar-refractivity contribution is 5.63. The summed E-state index contributed by atoms with van der Waals surface area (Å²) in [4.78, 5) is 3.86. The monoisotopic (exact) mass is 145 g/mol. The Hall–Kier alpha value is -1.82. The fourth-order valence-electron chi connectivity index (χ4n) is 0.684. The maximum atomic E-state index is 8.22. The molecular weight excluding hydrogens is 138 g/mol. The second-order valence-electron chi connectivity index (χ2n) is 1.97. The molecular formula is C8H7N3. The van der Waals surface area contributed by atoms with Crippen LogP contribution in [0.15, 0.2) is 24.5 Å². The van der Waals surface area contributed by atoms with Crippen molar-refractivity contribution in [3.8, 4) is 6.07 Å². The quantitative estimate of drug-likeness (QED) is 0.604. The molecule has 1 aromatic heterocycles. The third-order valence-electron chi connectivity index (χ3n) is 1.22. The third kappa shape index (κ3) is 1.80. The van der Waals surface area contributed by atoms with Gasteiger partial charge in [0.05, 0.1) is 6.07 Å². The lowest BCUT2D eigenvalue weighted by Crippen LogP contribution is -1.88. The number of nitrogen functional groups attached to an aromatic ring is 1. The average Bonchev–Trinajstić information content (AvgIpc) is 2.03. The molecule has 2 N–H and O–H groups in total. The van der Waals surface area contributed by atoms with E-state index in [1.165, 1.54) is 6.08 Å². The lowest BCUT2D eigenvalue weighted by atomic mass is 10.2. The number of nitriles is 1. The van der Waals surface area contributed by atoms with Crippen LogP contribution in [0.2, 0.25) is 0 Å². The number of aromatic nitrogens is 1. The van der Waals surface area contributed by atoms with Gasteiger partial charge in [-0.3, -0.25) is 4.98 Å². The van der Waals surface area contributed by atoms with E-state index >= 15 is 0 Å². The molecule has 3 heteroatoms. The minimum atomic E-state index is 0.631. The zero-order chi connectivity index (χ0) is 8.10. The van der Waals surface area contributed by atoms with Crippen molar-refractivity contribution >= 4 is 11.8 Å². The van der Waals surface area contributed by atoms with Crippen LogP contribution in [0.4, 0.5) is 5.69 Å². The number of hydrogen-bond donors (Lipinski definition) is 1. The van der Waals surface area contributed by atoms with Gasteiger partial charge in [-0.05, 0) is 12.1 Å². The van der Waals surface area contributed by atoms with Gasteiger partial charge in [-0.15, -0.1) is 0 Å². The number of rotatable bonds is 1. The van der Waals surface area contributed by atoms with E-state index in [9.17, 15) is 0 Å². The van der Waals surface area contributed by atoms with Crippen LogP contribution >= 0.6 is 0 Å². The van der Waals surface area contributed by atoms with Crippen LogP contribution in [0.5, 0.6) is 0 Å². The molecule has 0 aliphatic heterocycles. The first-order valence-corrected chi connectivity index (χ1v) is 3.10. The Morgan fingerprint density at radius 3 is 3.09 bits per heavy atom. The van der Waals surface area contributed by atoms with Gasteiger partial charge in [0.15, 0.2) is 0 Å². The van der Waals surface area contributed by atoms with Crippen molar-refractivity contribution < 1.29 is 0 Å². The normalized spacial score (nSPS) is 9.73. The molecule has 0 aromatic carbocycles. The summed E-state index contributed by atoms with van der Waals surface area (Å²) < 4.78 is 0. The van der Waals surface area contributed by atoms with E-state index in [2.05, 4.69) is 4.98 Å². The molecule has 11 heavy (non-hydrogen) atoms. The van der Waals surface area contributed by atoms with Crippen LogP contribution in [0.1, 0.15) is 5.56 Å². The molecule has 0 amide bonds. The summed E-state index contributed by atoms with van der Waals surface area (Å²) in [5.74, 6) is 0. The van der Waals surface area contributed by atoms with Crippen molar-refractivity contribution in [3.05, 3.63) is 30.1 Å². The molecule has 0 bridgehead atoms. The molecule has 0 atom stereocenters. The summed E-state index contributed by atoms with van der Waals surface area (Å²) in [5, 5.41) is 8.22. The zero-order valence-corrected chi connectivity index (χ0v) is 5.86. The van der Waals surface area contributed by atoms with Crippen molar-refractivity contribution in [2.75, 3.05) is 5.73 Å². The summed E-state index contributed by atoms with van der Waals surface area (Å²) in [6.07, 6.45) is 6.22. The third-order valence-corrected chi connectivity index (χ3v) is 1.22. The molecule has 0 fully saturated rings. The smallest absolute Gasteiger partial charge is 0.0912 e. The lowest BCUT2D eigenvalue weighted by Gasteiger charge is -1.95.